The first kappa shape index (κ1) is 54.9. The van der Waals surface area contributed by atoms with Gasteiger partial charge in [0.1, 0.15) is 25.3 Å². The molecule has 0 bridgehead atoms. The number of aryl methyl sites for hydroxylation is 16. The Hall–Kier alpha value is -9.68. The van der Waals surface area contributed by atoms with Crippen LogP contribution in [-0.2, 0) is 0 Å². The highest BCUT2D eigenvalue weighted by Crippen LogP contribution is 2.57. The van der Waals surface area contributed by atoms with E-state index in [0.717, 1.165) is 191 Å². The first-order valence-corrected chi connectivity index (χ1v) is 28.7. The zero-order valence-corrected chi connectivity index (χ0v) is 51.1. The van der Waals surface area contributed by atoms with E-state index in [2.05, 4.69) is 240 Å². The molecule has 84 heavy (non-hydrogen) atoms. The second-order valence-electron chi connectivity index (χ2n) is 22.8. The molecular weight excluding hydrogens is 1030 g/mol. The third kappa shape index (κ3) is 8.81. The molecule has 418 valence electrons. The van der Waals surface area contributed by atoms with Crippen molar-refractivity contribution in [2.75, 3.05) is 19.6 Å². The van der Waals surface area contributed by atoms with Crippen molar-refractivity contribution >= 4 is 101 Å². The average Bonchev–Trinajstić information content (AvgIpc) is 1.34. The minimum absolute atomic E-state index is 0.858. The van der Waals surface area contributed by atoms with Crippen LogP contribution in [0, 0.1) is 111 Å². The third-order valence-electron chi connectivity index (χ3n) is 17.1. The fraction of sp³-hybridized carbons (Fsp3) is 0.222. The number of para-hydroxylation sites is 4. The van der Waals surface area contributed by atoms with E-state index in [-0.39, 0.29) is 0 Å². The highest BCUT2D eigenvalue weighted by atomic mass is 15.2. The molecule has 0 aliphatic heterocycles. The second-order valence-corrected chi connectivity index (χ2v) is 22.8. The lowest BCUT2D eigenvalue weighted by molar-refractivity contribution is 1.02. The molecule has 0 amide bonds. The van der Waals surface area contributed by atoms with Crippen LogP contribution in [0.5, 0.6) is 0 Å². The summed E-state index contributed by atoms with van der Waals surface area (Å²) in [4.78, 5) is 49.4. The van der Waals surface area contributed by atoms with E-state index in [9.17, 15) is 0 Å². The van der Waals surface area contributed by atoms with Gasteiger partial charge in [-0.2, -0.15) is 0 Å². The minimum atomic E-state index is 0.858. The first-order chi connectivity index (χ1) is 40.4. The predicted octanol–water partition coefficient (Wildman–Crippen LogP) is 18.6. The number of benzene rings is 8. The monoisotopic (exact) mass is 1100 g/mol. The molecule has 12 nitrogen and oxygen atoms in total. The maximum atomic E-state index is 4.95. The number of nitrogens with zero attached hydrogens (tertiary/aromatic N) is 12. The van der Waals surface area contributed by atoms with Gasteiger partial charge in [0.25, 0.3) is 0 Å². The number of aromatic nitrogens is 8. The van der Waals surface area contributed by atoms with Crippen LogP contribution in [0.2, 0.25) is 0 Å². The summed E-state index contributed by atoms with van der Waals surface area (Å²) in [5.74, 6) is 0. The molecule has 12 aromatic rings. The average molecular weight is 1100 g/mol. The Kier molecular flexibility index (Phi) is 13.9. The summed E-state index contributed by atoms with van der Waals surface area (Å²) < 4.78 is 0. The molecule has 0 atom stereocenters. The van der Waals surface area contributed by atoms with Gasteiger partial charge in [0.2, 0.25) is 0 Å². The highest BCUT2D eigenvalue weighted by Gasteiger charge is 2.34. The van der Waals surface area contributed by atoms with E-state index in [4.69, 9.17) is 39.9 Å². The van der Waals surface area contributed by atoms with Crippen molar-refractivity contribution in [3.05, 3.63) is 225 Å². The molecule has 0 unspecified atom stereocenters. The Bertz CT molecular complexity index is 3680. The molecule has 12 heteroatoms. The van der Waals surface area contributed by atoms with Crippen LogP contribution < -0.4 is 19.6 Å². The molecule has 0 spiro atoms. The van der Waals surface area contributed by atoms with Crippen LogP contribution in [0.4, 0.5) is 68.2 Å². The number of hydrogen-bond acceptors (Lipinski definition) is 12. The van der Waals surface area contributed by atoms with Gasteiger partial charge in [-0.15, -0.1) is 0 Å². The van der Waals surface area contributed by atoms with E-state index in [1.807, 2.05) is 0 Å². The summed E-state index contributed by atoms with van der Waals surface area (Å²) in [5, 5.41) is 6.33. The van der Waals surface area contributed by atoms with Crippen LogP contribution in [0.1, 0.15) is 90.1 Å². The Balaban J connectivity index is 1.39. The van der Waals surface area contributed by atoms with Gasteiger partial charge in [0.15, 0.2) is 0 Å². The van der Waals surface area contributed by atoms with Gasteiger partial charge in [0.05, 0.1) is 114 Å². The molecule has 0 radical (unpaired) electrons. The van der Waals surface area contributed by atoms with Gasteiger partial charge in [-0.3, -0.25) is 0 Å². The fourth-order valence-electron chi connectivity index (χ4n) is 13.3. The Labute approximate surface area is 493 Å². The lowest BCUT2D eigenvalue weighted by atomic mass is 9.88. The summed E-state index contributed by atoms with van der Waals surface area (Å²) in [6.07, 6.45) is 6.69. The van der Waals surface area contributed by atoms with Crippen molar-refractivity contribution in [1.29, 1.82) is 0 Å². The molecule has 12 rings (SSSR count). The summed E-state index contributed by atoms with van der Waals surface area (Å²) in [6.45, 7) is 34.4. The molecule has 4 heterocycles. The van der Waals surface area contributed by atoms with Crippen LogP contribution >= 0.6 is 0 Å². The van der Waals surface area contributed by atoms with Crippen molar-refractivity contribution in [3.8, 4) is 0 Å². The Morgan fingerprint density at radius 3 is 0.548 bits per heavy atom. The van der Waals surface area contributed by atoms with Crippen molar-refractivity contribution in [2.24, 2.45) is 0 Å². The van der Waals surface area contributed by atoms with Crippen molar-refractivity contribution in [1.82, 2.24) is 39.9 Å². The second kappa shape index (κ2) is 21.3. The van der Waals surface area contributed by atoms with Gasteiger partial charge < -0.3 is 19.6 Å². The smallest absolute Gasteiger partial charge is 0.116 e. The summed E-state index contributed by atoms with van der Waals surface area (Å²) >= 11 is 0. The van der Waals surface area contributed by atoms with E-state index in [1.54, 1.807) is 25.3 Å². The first-order valence-electron chi connectivity index (χ1n) is 28.7. The molecule has 0 saturated carbocycles. The van der Waals surface area contributed by atoms with Crippen LogP contribution in [0.3, 0.4) is 0 Å². The number of rotatable bonds is 12. The Morgan fingerprint density at radius 1 is 0.214 bits per heavy atom. The van der Waals surface area contributed by atoms with Crippen LogP contribution in [-0.4, -0.2) is 39.9 Å². The van der Waals surface area contributed by atoms with Crippen molar-refractivity contribution in [2.45, 2.75) is 111 Å². The van der Waals surface area contributed by atoms with E-state index < -0.39 is 0 Å². The molecule has 0 N–H and O–H groups in total. The van der Waals surface area contributed by atoms with Crippen molar-refractivity contribution < 1.29 is 0 Å². The maximum Gasteiger partial charge on any atom is 0.116 e. The van der Waals surface area contributed by atoms with Gasteiger partial charge in [-0.25, -0.2) is 39.9 Å². The zero-order chi connectivity index (χ0) is 59.2. The van der Waals surface area contributed by atoms with Gasteiger partial charge in [-0.1, -0.05) is 97.1 Å². The Morgan fingerprint density at radius 2 is 0.381 bits per heavy atom. The van der Waals surface area contributed by atoms with Gasteiger partial charge in [0, 0.05) is 32.3 Å². The minimum Gasteiger partial charge on any atom is -0.306 e. The summed E-state index contributed by atoms with van der Waals surface area (Å²) in [6, 6.07) is 40.4. The third-order valence-corrected chi connectivity index (χ3v) is 17.1. The standard InChI is InChI=1S/C72H70N12/c1-39-21-17-22-40(2)65(39)81(69-47(9)73-35-74-48(69)10)59-33-60(82(66-41(3)23-18-24-42(66)4)70-49(11)75-36-76-50(70)12)56-31-32-58-62(84(68-45(7)27-20-28-46(68)8)72-53(15)79-38-80-54(72)16)34-61(57-30-29-55(59)63(56)64(57)58)83(67-43(5)25-19-26-44(67)6)71-51(13)77-37-78-52(71)14/h17-38H,1-16H3. The van der Waals surface area contributed by atoms with E-state index in [0.29, 0.717) is 0 Å². The SMILES string of the molecule is Cc1cccc(C)c1N(c1c(C)ncnc1C)c1cc(N(c2c(C)cccc2C)c2c(C)ncnc2C)c2ccc3c(N(c4c(C)cccc4C)c4c(C)ncnc4C)cc(N(c4c(C)cccc4C)c4c(C)ncnc4C)c4ccc1c2c43. The van der Waals surface area contributed by atoms with Crippen LogP contribution in [0.25, 0.3) is 32.3 Å². The predicted molar refractivity (Wildman–Crippen MR) is 347 cm³/mol. The summed E-state index contributed by atoms with van der Waals surface area (Å²) in [5.41, 5.74) is 27.5. The summed E-state index contributed by atoms with van der Waals surface area (Å²) in [7, 11) is 0. The number of hydrogen-bond donors (Lipinski definition) is 0. The van der Waals surface area contributed by atoms with Gasteiger partial charge >= 0.3 is 0 Å². The molecule has 4 aromatic heterocycles. The van der Waals surface area contributed by atoms with Crippen molar-refractivity contribution in [3.63, 3.8) is 0 Å². The fourth-order valence-corrected chi connectivity index (χ4v) is 13.3. The van der Waals surface area contributed by atoms with Crippen LogP contribution in [0.15, 0.2) is 135 Å². The zero-order valence-electron chi connectivity index (χ0n) is 51.1. The largest absolute Gasteiger partial charge is 0.306 e. The van der Waals surface area contributed by atoms with E-state index >= 15 is 0 Å². The molecule has 8 aromatic carbocycles. The highest BCUT2D eigenvalue weighted by molar-refractivity contribution is 6.33. The topological polar surface area (TPSA) is 116 Å². The molecule has 0 fully saturated rings. The van der Waals surface area contributed by atoms with Gasteiger partial charge in [-0.05, 0) is 167 Å². The normalized spacial score (nSPS) is 11.6. The molecule has 0 saturated heterocycles. The molecule has 0 aliphatic rings. The lowest BCUT2D eigenvalue weighted by Crippen LogP contribution is -2.21. The maximum absolute atomic E-state index is 4.95. The lowest BCUT2D eigenvalue weighted by Gasteiger charge is -2.37. The number of anilines is 12. The quantitative estimate of drug-likeness (QED) is 0.108. The van der Waals surface area contributed by atoms with E-state index in [1.165, 1.54) is 0 Å². The molecular formula is C72H70N12. The molecule has 0 aliphatic carbocycles.